The monoisotopic (exact) mass is 291 g/mol. The molecule has 0 saturated carbocycles. The summed E-state index contributed by atoms with van der Waals surface area (Å²) in [6.07, 6.45) is 0. The minimum atomic E-state index is 0.309. The highest BCUT2D eigenvalue weighted by Gasteiger charge is 2.27. The van der Waals surface area contributed by atoms with E-state index in [1.54, 1.807) is 7.11 Å². The Hall–Kier alpha value is -0.940. The van der Waals surface area contributed by atoms with E-state index in [9.17, 15) is 0 Å². The minimum absolute atomic E-state index is 0.309. The predicted octanol–water partition coefficient (Wildman–Crippen LogP) is 1.86. The van der Waals surface area contributed by atoms with Gasteiger partial charge in [0.15, 0.2) is 0 Å². The number of hydrogen-bond acceptors (Lipinski definition) is 4. The van der Waals surface area contributed by atoms with Gasteiger partial charge in [-0.05, 0) is 24.6 Å². The molecule has 1 aromatic carbocycles. The van der Waals surface area contributed by atoms with Gasteiger partial charge in [-0.1, -0.05) is 31.2 Å². The second-order valence-electron chi connectivity index (χ2n) is 5.90. The van der Waals surface area contributed by atoms with E-state index < -0.39 is 0 Å². The topological polar surface area (TPSA) is 41.7 Å². The van der Waals surface area contributed by atoms with Gasteiger partial charge < -0.3 is 10.5 Å². The summed E-state index contributed by atoms with van der Waals surface area (Å²) in [6, 6.07) is 9.55. The smallest absolute Gasteiger partial charge is 0.0713 e. The molecule has 2 N–H and O–H groups in total. The van der Waals surface area contributed by atoms with Gasteiger partial charge in [-0.3, -0.25) is 9.80 Å². The molecule has 0 bridgehead atoms. The van der Waals surface area contributed by atoms with Crippen LogP contribution >= 0.6 is 0 Å². The van der Waals surface area contributed by atoms with E-state index in [1.165, 1.54) is 11.1 Å². The van der Waals surface area contributed by atoms with Gasteiger partial charge in [0.2, 0.25) is 0 Å². The van der Waals surface area contributed by atoms with Crippen molar-refractivity contribution in [3.8, 4) is 0 Å². The third kappa shape index (κ3) is 4.04. The maximum Gasteiger partial charge on any atom is 0.0713 e. The third-order valence-corrected chi connectivity index (χ3v) is 4.51. The molecular formula is C17H29N3O. The van der Waals surface area contributed by atoms with Gasteiger partial charge in [0.05, 0.1) is 6.61 Å². The molecule has 1 aliphatic rings. The van der Waals surface area contributed by atoms with Crippen LogP contribution in [0.15, 0.2) is 24.3 Å². The summed E-state index contributed by atoms with van der Waals surface area (Å²) in [5.41, 5.74) is 8.61. The lowest BCUT2D eigenvalue weighted by molar-refractivity contribution is 0.0606. The van der Waals surface area contributed by atoms with Crippen LogP contribution in [0, 0.1) is 0 Å². The lowest BCUT2D eigenvalue weighted by Gasteiger charge is -2.43. The first-order valence-electron chi connectivity index (χ1n) is 7.95. The number of likely N-dealkylation sites (N-methyl/N-ethyl adjacent to an activating group) is 1. The second kappa shape index (κ2) is 7.90. The highest BCUT2D eigenvalue weighted by Crippen LogP contribution is 2.24. The summed E-state index contributed by atoms with van der Waals surface area (Å²) in [7, 11) is 1.73. The summed E-state index contributed by atoms with van der Waals surface area (Å²) in [5.74, 6) is 0. The zero-order chi connectivity index (χ0) is 15.2. The van der Waals surface area contributed by atoms with Gasteiger partial charge in [-0.2, -0.15) is 0 Å². The number of ether oxygens (including phenoxy) is 1. The molecule has 1 heterocycles. The van der Waals surface area contributed by atoms with Gasteiger partial charge in [-0.25, -0.2) is 0 Å². The van der Waals surface area contributed by atoms with Crippen LogP contribution in [0.4, 0.5) is 0 Å². The molecule has 1 fully saturated rings. The van der Waals surface area contributed by atoms with Crippen LogP contribution in [0.2, 0.25) is 0 Å². The van der Waals surface area contributed by atoms with Crippen LogP contribution in [0.1, 0.15) is 31.0 Å². The SMILES string of the molecule is CCN1CCN(C(CN)c2cccc(COC)c2)CC1C. The van der Waals surface area contributed by atoms with Gasteiger partial charge in [0, 0.05) is 45.4 Å². The Bertz CT molecular complexity index is 438. The standard InChI is InChI=1S/C17H29N3O/c1-4-19-8-9-20(12-14(19)2)17(11-18)16-7-5-6-15(10-16)13-21-3/h5-7,10,14,17H,4,8-9,11-13,18H2,1-3H3. The number of rotatable bonds is 6. The number of piperazine rings is 1. The Kier molecular flexibility index (Phi) is 6.18. The highest BCUT2D eigenvalue weighted by molar-refractivity contribution is 5.26. The lowest BCUT2D eigenvalue weighted by atomic mass is 10.0. The van der Waals surface area contributed by atoms with Crippen LogP contribution in [0.25, 0.3) is 0 Å². The molecule has 4 nitrogen and oxygen atoms in total. The van der Waals surface area contributed by atoms with E-state index in [4.69, 9.17) is 10.5 Å². The molecule has 0 spiro atoms. The molecule has 0 aromatic heterocycles. The maximum atomic E-state index is 6.09. The Balaban J connectivity index is 2.10. The first kappa shape index (κ1) is 16.4. The number of methoxy groups -OCH3 is 1. The van der Waals surface area contributed by atoms with E-state index in [0.717, 1.165) is 26.2 Å². The first-order valence-corrected chi connectivity index (χ1v) is 7.95. The van der Waals surface area contributed by atoms with Crippen LogP contribution in [0.5, 0.6) is 0 Å². The fourth-order valence-electron chi connectivity index (χ4n) is 3.33. The van der Waals surface area contributed by atoms with Crippen molar-refractivity contribution in [2.45, 2.75) is 32.5 Å². The minimum Gasteiger partial charge on any atom is -0.380 e. The zero-order valence-electron chi connectivity index (χ0n) is 13.6. The summed E-state index contributed by atoms with van der Waals surface area (Å²) in [6.45, 7) is 10.3. The Labute approximate surface area is 128 Å². The molecule has 0 radical (unpaired) electrons. The molecule has 2 unspecified atom stereocenters. The van der Waals surface area contributed by atoms with Gasteiger partial charge in [0.25, 0.3) is 0 Å². The van der Waals surface area contributed by atoms with Crippen LogP contribution < -0.4 is 5.73 Å². The van der Waals surface area contributed by atoms with Crippen molar-refractivity contribution >= 4 is 0 Å². The van der Waals surface area contributed by atoms with Crippen molar-refractivity contribution in [3.05, 3.63) is 35.4 Å². The zero-order valence-corrected chi connectivity index (χ0v) is 13.6. The third-order valence-electron chi connectivity index (χ3n) is 4.51. The summed E-state index contributed by atoms with van der Waals surface area (Å²) in [4.78, 5) is 5.06. The fraction of sp³-hybridized carbons (Fsp3) is 0.647. The van der Waals surface area contributed by atoms with Crippen molar-refractivity contribution < 1.29 is 4.74 Å². The lowest BCUT2D eigenvalue weighted by Crippen LogP contribution is -2.53. The quantitative estimate of drug-likeness (QED) is 0.868. The molecule has 21 heavy (non-hydrogen) atoms. The molecule has 1 aromatic rings. The molecule has 0 amide bonds. The number of nitrogens with zero attached hydrogens (tertiary/aromatic N) is 2. The highest BCUT2D eigenvalue weighted by atomic mass is 16.5. The van der Waals surface area contributed by atoms with Crippen molar-refractivity contribution in [3.63, 3.8) is 0 Å². The van der Waals surface area contributed by atoms with Crippen molar-refractivity contribution in [2.24, 2.45) is 5.73 Å². The normalized spacial score (nSPS) is 22.4. The fourth-order valence-corrected chi connectivity index (χ4v) is 3.33. The van der Waals surface area contributed by atoms with Crippen LogP contribution in [0.3, 0.4) is 0 Å². The molecule has 4 heteroatoms. The molecule has 0 aliphatic carbocycles. The molecule has 2 atom stereocenters. The van der Waals surface area contributed by atoms with Gasteiger partial charge in [-0.15, -0.1) is 0 Å². The maximum absolute atomic E-state index is 6.09. The molecule has 1 saturated heterocycles. The largest absolute Gasteiger partial charge is 0.380 e. The van der Waals surface area contributed by atoms with E-state index in [2.05, 4.69) is 47.9 Å². The van der Waals surface area contributed by atoms with E-state index in [0.29, 0.717) is 25.2 Å². The Morgan fingerprint density at radius 2 is 2.19 bits per heavy atom. The predicted molar refractivity (Wildman–Crippen MR) is 87.2 cm³/mol. The molecular weight excluding hydrogens is 262 g/mol. The average molecular weight is 291 g/mol. The van der Waals surface area contributed by atoms with Crippen molar-refractivity contribution in [1.82, 2.24) is 9.80 Å². The number of benzene rings is 1. The molecule has 2 rings (SSSR count). The number of nitrogens with two attached hydrogens (primary N) is 1. The van der Waals surface area contributed by atoms with E-state index >= 15 is 0 Å². The van der Waals surface area contributed by atoms with E-state index in [-0.39, 0.29) is 0 Å². The number of hydrogen-bond donors (Lipinski definition) is 1. The van der Waals surface area contributed by atoms with Crippen LogP contribution in [-0.2, 0) is 11.3 Å². The Morgan fingerprint density at radius 1 is 1.38 bits per heavy atom. The summed E-state index contributed by atoms with van der Waals surface area (Å²) in [5, 5.41) is 0. The van der Waals surface area contributed by atoms with Crippen molar-refractivity contribution in [2.75, 3.05) is 39.8 Å². The first-order chi connectivity index (χ1) is 10.2. The van der Waals surface area contributed by atoms with Crippen LogP contribution in [-0.4, -0.2) is 55.7 Å². The van der Waals surface area contributed by atoms with Crippen molar-refractivity contribution in [1.29, 1.82) is 0 Å². The molecule has 1 aliphatic heterocycles. The Morgan fingerprint density at radius 3 is 2.81 bits per heavy atom. The average Bonchev–Trinajstić information content (AvgIpc) is 2.49. The summed E-state index contributed by atoms with van der Waals surface area (Å²) >= 11 is 0. The summed E-state index contributed by atoms with van der Waals surface area (Å²) < 4.78 is 5.24. The second-order valence-corrected chi connectivity index (χ2v) is 5.90. The molecule has 118 valence electrons. The van der Waals surface area contributed by atoms with Gasteiger partial charge in [0.1, 0.15) is 0 Å². The van der Waals surface area contributed by atoms with E-state index in [1.807, 2.05) is 0 Å². The van der Waals surface area contributed by atoms with Gasteiger partial charge >= 0.3 is 0 Å².